The molecule has 142 valence electrons. The van der Waals surface area contributed by atoms with Crippen LogP contribution in [-0.2, 0) is 6.61 Å². The summed E-state index contributed by atoms with van der Waals surface area (Å²) in [6, 6.07) is 8.40. The Morgan fingerprint density at radius 2 is 1.96 bits per heavy atom. The van der Waals surface area contributed by atoms with E-state index in [1.807, 2.05) is 0 Å². The number of thioether (sulfide) groups is 1. The number of benzene rings is 2. The largest absolute Gasteiger partial charge is 0.486 e. The molecule has 28 heavy (non-hydrogen) atoms. The smallest absolute Gasteiger partial charge is 0.270 e. The van der Waals surface area contributed by atoms with Crippen LogP contribution >= 0.6 is 11.8 Å². The van der Waals surface area contributed by atoms with Gasteiger partial charge in [0.15, 0.2) is 16.7 Å². The van der Waals surface area contributed by atoms with Crippen molar-refractivity contribution in [1.82, 2.24) is 9.97 Å². The van der Waals surface area contributed by atoms with Gasteiger partial charge in [0.1, 0.15) is 29.9 Å². The van der Waals surface area contributed by atoms with Gasteiger partial charge in [0.25, 0.3) is 5.56 Å². The first-order chi connectivity index (χ1) is 13.4. The van der Waals surface area contributed by atoms with E-state index in [1.54, 1.807) is 12.3 Å². The van der Waals surface area contributed by atoms with Gasteiger partial charge in [0.05, 0.1) is 5.69 Å². The summed E-state index contributed by atoms with van der Waals surface area (Å²) >= 11 is 1.17. The minimum atomic E-state index is -0.800. The van der Waals surface area contributed by atoms with Gasteiger partial charge >= 0.3 is 0 Å². The van der Waals surface area contributed by atoms with Crippen molar-refractivity contribution in [2.75, 3.05) is 6.26 Å². The van der Waals surface area contributed by atoms with Crippen molar-refractivity contribution in [3.63, 3.8) is 0 Å². The molecule has 0 saturated heterocycles. The quantitative estimate of drug-likeness (QED) is 0.514. The van der Waals surface area contributed by atoms with Gasteiger partial charge in [-0.15, -0.1) is 0 Å². The summed E-state index contributed by atoms with van der Waals surface area (Å²) in [5, 5.41) is 9.48. The highest BCUT2D eigenvalue weighted by Gasteiger charge is 2.16. The molecular formula is C19H12F3N3O2S. The molecule has 0 fully saturated rings. The predicted molar refractivity (Wildman–Crippen MR) is 97.4 cm³/mol. The zero-order valence-electron chi connectivity index (χ0n) is 14.4. The van der Waals surface area contributed by atoms with Crippen LogP contribution in [-0.4, -0.2) is 16.2 Å². The number of hydrogen-bond acceptors (Lipinski definition) is 5. The number of aromatic amines is 1. The molecule has 5 nitrogen and oxygen atoms in total. The monoisotopic (exact) mass is 403 g/mol. The maximum Gasteiger partial charge on any atom is 0.270 e. The van der Waals surface area contributed by atoms with E-state index in [4.69, 9.17) is 4.74 Å². The third kappa shape index (κ3) is 4.02. The molecule has 1 N–H and O–H groups in total. The number of nitrogens with zero attached hydrogens (tertiary/aromatic N) is 2. The van der Waals surface area contributed by atoms with Crippen molar-refractivity contribution in [2.24, 2.45) is 0 Å². The van der Waals surface area contributed by atoms with E-state index in [2.05, 4.69) is 9.97 Å². The van der Waals surface area contributed by atoms with Gasteiger partial charge < -0.3 is 9.72 Å². The number of halogens is 3. The standard InChI is InChI=1S/C19H12F3N3O2S/c1-28-19-24-17(13(8-23)18(26)25-19)10-2-5-16(15(22)7-10)27-9-11-6-12(20)3-4-14(11)21/h2-7H,9H2,1H3,(H,24,25,26). The second-order valence-corrected chi connectivity index (χ2v) is 6.38. The number of nitriles is 1. The summed E-state index contributed by atoms with van der Waals surface area (Å²) in [5.41, 5.74) is -0.681. The van der Waals surface area contributed by atoms with Crippen molar-refractivity contribution in [3.8, 4) is 23.1 Å². The molecule has 0 aliphatic carbocycles. The number of ether oxygens (including phenoxy) is 1. The molecule has 0 unspecified atom stereocenters. The summed E-state index contributed by atoms with van der Waals surface area (Å²) in [6.45, 7) is -0.372. The number of aromatic nitrogens is 2. The van der Waals surface area contributed by atoms with Crippen LogP contribution in [0.1, 0.15) is 11.1 Å². The summed E-state index contributed by atoms with van der Waals surface area (Å²) in [6.07, 6.45) is 1.69. The van der Waals surface area contributed by atoms with Gasteiger partial charge in [-0.3, -0.25) is 4.79 Å². The van der Waals surface area contributed by atoms with Crippen molar-refractivity contribution < 1.29 is 17.9 Å². The lowest BCUT2D eigenvalue weighted by Crippen LogP contribution is -2.14. The molecule has 3 aromatic rings. The Hall–Kier alpha value is -3.25. The van der Waals surface area contributed by atoms with E-state index in [9.17, 15) is 23.2 Å². The minimum Gasteiger partial charge on any atom is -0.486 e. The summed E-state index contributed by atoms with van der Waals surface area (Å²) in [7, 11) is 0. The van der Waals surface area contributed by atoms with Crippen LogP contribution < -0.4 is 10.3 Å². The average Bonchev–Trinajstić information content (AvgIpc) is 2.68. The normalized spacial score (nSPS) is 10.5. The lowest BCUT2D eigenvalue weighted by molar-refractivity contribution is 0.284. The third-order valence-electron chi connectivity index (χ3n) is 3.80. The van der Waals surface area contributed by atoms with E-state index in [1.165, 1.54) is 23.9 Å². The number of hydrogen-bond donors (Lipinski definition) is 1. The van der Waals surface area contributed by atoms with E-state index >= 15 is 0 Å². The summed E-state index contributed by atoms with van der Waals surface area (Å²) < 4.78 is 46.5. The zero-order chi connectivity index (χ0) is 20.3. The molecule has 0 bridgehead atoms. The van der Waals surface area contributed by atoms with Gasteiger partial charge in [-0.25, -0.2) is 18.2 Å². The van der Waals surface area contributed by atoms with Crippen LogP contribution in [0.25, 0.3) is 11.3 Å². The Balaban J connectivity index is 1.91. The fraction of sp³-hybridized carbons (Fsp3) is 0.105. The number of nitrogens with one attached hydrogen (secondary N) is 1. The molecule has 0 radical (unpaired) electrons. The molecule has 0 aliphatic rings. The molecule has 0 amide bonds. The molecule has 0 atom stereocenters. The lowest BCUT2D eigenvalue weighted by atomic mass is 10.1. The van der Waals surface area contributed by atoms with Crippen molar-refractivity contribution in [3.05, 3.63) is 75.3 Å². The van der Waals surface area contributed by atoms with E-state index < -0.39 is 23.0 Å². The molecule has 3 rings (SSSR count). The maximum absolute atomic E-state index is 14.4. The van der Waals surface area contributed by atoms with Gasteiger partial charge in [-0.1, -0.05) is 11.8 Å². The Kier molecular flexibility index (Phi) is 5.70. The average molecular weight is 403 g/mol. The summed E-state index contributed by atoms with van der Waals surface area (Å²) in [5.74, 6) is -2.30. The third-order valence-corrected chi connectivity index (χ3v) is 4.38. The zero-order valence-corrected chi connectivity index (χ0v) is 15.2. The Morgan fingerprint density at radius 1 is 1.18 bits per heavy atom. The second kappa shape index (κ2) is 8.19. The fourth-order valence-corrected chi connectivity index (χ4v) is 2.81. The Morgan fingerprint density at radius 3 is 2.64 bits per heavy atom. The lowest BCUT2D eigenvalue weighted by Gasteiger charge is -2.10. The van der Waals surface area contributed by atoms with E-state index in [0.29, 0.717) is 0 Å². The molecule has 9 heteroatoms. The van der Waals surface area contributed by atoms with Gasteiger partial charge in [-0.2, -0.15) is 5.26 Å². The van der Waals surface area contributed by atoms with E-state index in [-0.39, 0.29) is 39.9 Å². The Bertz CT molecular complexity index is 1140. The number of H-pyrrole nitrogens is 1. The highest BCUT2D eigenvalue weighted by atomic mass is 32.2. The first-order valence-corrected chi connectivity index (χ1v) is 9.10. The first kappa shape index (κ1) is 19.5. The fourth-order valence-electron chi connectivity index (χ4n) is 2.44. The van der Waals surface area contributed by atoms with Crippen LogP contribution in [0.2, 0.25) is 0 Å². The molecule has 2 aromatic carbocycles. The van der Waals surface area contributed by atoms with Crippen LogP contribution in [0.5, 0.6) is 5.75 Å². The van der Waals surface area contributed by atoms with Crippen LogP contribution in [0, 0.1) is 28.8 Å². The molecule has 0 saturated carbocycles. The van der Waals surface area contributed by atoms with Gasteiger partial charge in [0.2, 0.25) is 0 Å². The van der Waals surface area contributed by atoms with E-state index in [0.717, 1.165) is 24.3 Å². The molecule has 1 heterocycles. The highest BCUT2D eigenvalue weighted by Crippen LogP contribution is 2.27. The van der Waals surface area contributed by atoms with Crippen LogP contribution in [0.3, 0.4) is 0 Å². The summed E-state index contributed by atoms with van der Waals surface area (Å²) in [4.78, 5) is 18.6. The first-order valence-electron chi connectivity index (χ1n) is 7.88. The van der Waals surface area contributed by atoms with Gasteiger partial charge in [-0.05, 0) is 42.7 Å². The van der Waals surface area contributed by atoms with Crippen molar-refractivity contribution in [1.29, 1.82) is 5.26 Å². The van der Waals surface area contributed by atoms with Gasteiger partial charge in [0, 0.05) is 11.1 Å². The molecule has 1 aromatic heterocycles. The highest BCUT2D eigenvalue weighted by molar-refractivity contribution is 7.98. The van der Waals surface area contributed by atoms with Crippen LogP contribution in [0.15, 0.2) is 46.3 Å². The topological polar surface area (TPSA) is 78.8 Å². The maximum atomic E-state index is 14.4. The number of rotatable bonds is 5. The molecular weight excluding hydrogens is 391 g/mol. The van der Waals surface area contributed by atoms with Crippen LogP contribution in [0.4, 0.5) is 13.2 Å². The SMILES string of the molecule is CSc1nc(-c2ccc(OCc3cc(F)ccc3F)c(F)c2)c(C#N)c(=O)[nH]1. The second-order valence-electron chi connectivity index (χ2n) is 5.58. The Labute approximate surface area is 161 Å². The predicted octanol–water partition coefficient (Wildman–Crippen LogP) is 4.03. The molecule has 0 spiro atoms. The van der Waals surface area contributed by atoms with Crippen molar-refractivity contribution in [2.45, 2.75) is 11.8 Å². The molecule has 0 aliphatic heterocycles. The minimum absolute atomic E-state index is 0.0391. The van der Waals surface area contributed by atoms with Crippen molar-refractivity contribution >= 4 is 11.8 Å².